The summed E-state index contributed by atoms with van der Waals surface area (Å²) in [6.07, 6.45) is 2.17. The lowest BCUT2D eigenvalue weighted by atomic mass is 10.2. The van der Waals surface area contributed by atoms with Crippen molar-refractivity contribution in [3.63, 3.8) is 0 Å². The molecule has 0 aliphatic rings. The van der Waals surface area contributed by atoms with Gasteiger partial charge in [0.2, 0.25) is 0 Å². The minimum Gasteiger partial charge on any atom is -0.480 e. The van der Waals surface area contributed by atoms with Crippen LogP contribution in [0, 0.1) is 12.7 Å². The highest BCUT2D eigenvalue weighted by Gasteiger charge is 2.19. The van der Waals surface area contributed by atoms with Gasteiger partial charge in [-0.3, -0.25) is 0 Å². The SMILES string of the molecule is CSCCC(NC(=O)Nc1cc(F)c(Br)cc1C)C(=O)O. The number of nitrogens with one attached hydrogen (secondary N) is 2. The Morgan fingerprint density at radius 3 is 2.71 bits per heavy atom. The number of aliphatic carboxylic acids is 1. The lowest BCUT2D eigenvalue weighted by Gasteiger charge is -2.15. The number of benzene rings is 1. The predicted octanol–water partition coefficient (Wildman–Crippen LogP) is 3.22. The summed E-state index contributed by atoms with van der Waals surface area (Å²) in [6.45, 7) is 1.71. The van der Waals surface area contributed by atoms with Crippen LogP contribution in [-0.2, 0) is 4.79 Å². The number of carbonyl (C=O) groups excluding carboxylic acids is 1. The van der Waals surface area contributed by atoms with Gasteiger partial charge in [0.15, 0.2) is 0 Å². The first kappa shape index (κ1) is 17.8. The lowest BCUT2D eigenvalue weighted by molar-refractivity contribution is -0.139. The van der Waals surface area contributed by atoms with Gasteiger partial charge in [-0.15, -0.1) is 0 Å². The zero-order chi connectivity index (χ0) is 16.0. The zero-order valence-electron chi connectivity index (χ0n) is 11.6. The maximum absolute atomic E-state index is 13.5. The van der Waals surface area contributed by atoms with E-state index >= 15 is 0 Å². The fourth-order valence-corrected chi connectivity index (χ4v) is 2.52. The number of amides is 2. The topological polar surface area (TPSA) is 78.4 Å². The molecule has 1 aromatic rings. The molecular weight excluding hydrogens is 363 g/mol. The molecule has 0 saturated heterocycles. The molecule has 8 heteroatoms. The molecule has 5 nitrogen and oxygen atoms in total. The van der Waals surface area contributed by atoms with Crippen molar-refractivity contribution in [3.8, 4) is 0 Å². The normalized spacial score (nSPS) is 11.8. The smallest absolute Gasteiger partial charge is 0.326 e. The van der Waals surface area contributed by atoms with Crippen molar-refractivity contribution >= 4 is 45.4 Å². The lowest BCUT2D eigenvalue weighted by Crippen LogP contribution is -2.43. The van der Waals surface area contributed by atoms with Crippen LogP contribution in [0.5, 0.6) is 0 Å². The fraction of sp³-hybridized carbons (Fsp3) is 0.385. The number of aryl methyl sites for hydroxylation is 1. The van der Waals surface area contributed by atoms with Crippen molar-refractivity contribution < 1.29 is 19.1 Å². The average molecular weight is 379 g/mol. The quantitative estimate of drug-likeness (QED) is 0.709. The molecule has 0 fully saturated rings. The number of carboxylic acid groups (broad SMARTS) is 1. The average Bonchev–Trinajstić information content (AvgIpc) is 2.40. The van der Waals surface area contributed by atoms with Gasteiger partial charge in [0.05, 0.1) is 4.47 Å². The van der Waals surface area contributed by atoms with Crippen LogP contribution in [0.15, 0.2) is 16.6 Å². The summed E-state index contributed by atoms with van der Waals surface area (Å²) in [5.41, 5.74) is 0.955. The molecular formula is C13H16BrFN2O3S. The third-order valence-corrected chi connectivity index (χ3v) is 3.98. The second-order valence-corrected chi connectivity index (χ2v) is 6.19. The third kappa shape index (κ3) is 5.55. The van der Waals surface area contributed by atoms with Crippen LogP contribution < -0.4 is 10.6 Å². The molecule has 0 aromatic heterocycles. The minimum atomic E-state index is -1.10. The van der Waals surface area contributed by atoms with E-state index in [2.05, 4.69) is 26.6 Å². The monoisotopic (exact) mass is 378 g/mol. The Hall–Kier alpha value is -1.28. The van der Waals surface area contributed by atoms with E-state index in [1.54, 1.807) is 6.92 Å². The summed E-state index contributed by atoms with van der Waals surface area (Å²) in [4.78, 5) is 22.9. The van der Waals surface area contributed by atoms with E-state index in [0.717, 1.165) is 0 Å². The van der Waals surface area contributed by atoms with Crippen molar-refractivity contribution in [1.82, 2.24) is 5.32 Å². The maximum atomic E-state index is 13.5. The first-order valence-electron chi connectivity index (χ1n) is 6.10. The number of urea groups is 1. The van der Waals surface area contributed by atoms with Crippen molar-refractivity contribution in [1.29, 1.82) is 0 Å². The number of carboxylic acids is 1. The van der Waals surface area contributed by atoms with Gasteiger partial charge >= 0.3 is 12.0 Å². The second-order valence-electron chi connectivity index (χ2n) is 4.35. The number of carbonyl (C=O) groups is 2. The van der Waals surface area contributed by atoms with Crippen LogP contribution >= 0.6 is 27.7 Å². The Bertz CT molecular complexity index is 542. The Labute approximate surface area is 134 Å². The summed E-state index contributed by atoms with van der Waals surface area (Å²) in [5, 5.41) is 13.9. The molecule has 0 bridgehead atoms. The molecule has 0 aliphatic heterocycles. The Morgan fingerprint density at radius 2 is 2.14 bits per heavy atom. The molecule has 1 unspecified atom stereocenters. The van der Waals surface area contributed by atoms with Crippen LogP contribution in [0.3, 0.4) is 0 Å². The summed E-state index contributed by atoms with van der Waals surface area (Å²) in [6, 6.07) is 1.07. The fourth-order valence-electron chi connectivity index (χ4n) is 1.59. The van der Waals surface area contributed by atoms with Crippen LogP contribution in [0.4, 0.5) is 14.9 Å². The number of hydrogen-bond acceptors (Lipinski definition) is 3. The summed E-state index contributed by atoms with van der Waals surface area (Å²) >= 11 is 4.55. The van der Waals surface area contributed by atoms with E-state index in [1.807, 2.05) is 6.26 Å². The maximum Gasteiger partial charge on any atom is 0.326 e. The zero-order valence-corrected chi connectivity index (χ0v) is 14.0. The largest absolute Gasteiger partial charge is 0.480 e. The van der Waals surface area contributed by atoms with Crippen LogP contribution in [0.25, 0.3) is 0 Å². The van der Waals surface area contributed by atoms with E-state index < -0.39 is 23.9 Å². The van der Waals surface area contributed by atoms with Crippen LogP contribution in [0.2, 0.25) is 0 Å². The molecule has 0 aliphatic carbocycles. The van der Waals surface area contributed by atoms with Crippen LogP contribution in [0.1, 0.15) is 12.0 Å². The third-order valence-electron chi connectivity index (χ3n) is 2.73. The molecule has 0 radical (unpaired) electrons. The van der Waals surface area contributed by atoms with Gasteiger partial charge in [-0.2, -0.15) is 11.8 Å². The highest BCUT2D eigenvalue weighted by Crippen LogP contribution is 2.23. The molecule has 0 saturated carbocycles. The first-order chi connectivity index (χ1) is 9.85. The van der Waals surface area contributed by atoms with Gasteiger partial charge in [-0.25, -0.2) is 14.0 Å². The number of anilines is 1. The molecule has 1 rings (SSSR count). The molecule has 3 N–H and O–H groups in total. The van der Waals surface area contributed by atoms with Crippen molar-refractivity contribution in [2.45, 2.75) is 19.4 Å². The van der Waals surface area contributed by atoms with E-state index in [4.69, 9.17) is 5.11 Å². The number of rotatable bonds is 6. The molecule has 1 aromatic carbocycles. The molecule has 0 heterocycles. The van der Waals surface area contributed by atoms with Gasteiger partial charge in [0, 0.05) is 5.69 Å². The Kier molecular flexibility index (Phi) is 6.97. The number of thioether (sulfide) groups is 1. The van der Waals surface area contributed by atoms with Gasteiger partial charge < -0.3 is 15.7 Å². The number of halogens is 2. The highest BCUT2D eigenvalue weighted by molar-refractivity contribution is 9.10. The van der Waals surface area contributed by atoms with Gasteiger partial charge in [0.25, 0.3) is 0 Å². The summed E-state index contributed by atoms with van der Waals surface area (Å²) < 4.78 is 13.8. The Balaban J connectivity index is 2.72. The molecule has 1 atom stereocenters. The van der Waals surface area contributed by atoms with Gasteiger partial charge in [-0.05, 0) is 59.0 Å². The van der Waals surface area contributed by atoms with Gasteiger partial charge in [-0.1, -0.05) is 0 Å². The van der Waals surface area contributed by atoms with Crippen molar-refractivity contribution in [3.05, 3.63) is 28.0 Å². The molecule has 116 valence electrons. The minimum absolute atomic E-state index is 0.294. The van der Waals surface area contributed by atoms with Crippen molar-refractivity contribution in [2.24, 2.45) is 0 Å². The Morgan fingerprint density at radius 1 is 1.48 bits per heavy atom. The number of hydrogen-bond donors (Lipinski definition) is 3. The van der Waals surface area contributed by atoms with E-state index in [-0.39, 0.29) is 0 Å². The molecule has 2 amide bonds. The first-order valence-corrected chi connectivity index (χ1v) is 8.28. The molecule has 21 heavy (non-hydrogen) atoms. The van der Waals surface area contributed by atoms with E-state index in [9.17, 15) is 14.0 Å². The van der Waals surface area contributed by atoms with Crippen LogP contribution in [-0.4, -0.2) is 35.2 Å². The predicted molar refractivity (Wildman–Crippen MR) is 85.4 cm³/mol. The van der Waals surface area contributed by atoms with Crippen molar-refractivity contribution in [2.75, 3.05) is 17.3 Å². The second kappa shape index (κ2) is 8.23. The highest BCUT2D eigenvalue weighted by atomic mass is 79.9. The van der Waals surface area contributed by atoms with E-state index in [0.29, 0.717) is 27.9 Å². The molecule has 0 spiro atoms. The summed E-state index contributed by atoms with van der Waals surface area (Å²) in [5.74, 6) is -0.991. The summed E-state index contributed by atoms with van der Waals surface area (Å²) in [7, 11) is 0. The van der Waals surface area contributed by atoms with Gasteiger partial charge in [0.1, 0.15) is 11.9 Å². The van der Waals surface area contributed by atoms with E-state index in [1.165, 1.54) is 23.9 Å². The standard InChI is InChI=1S/C13H16BrFN2O3S/c1-7-5-8(14)9(15)6-11(7)17-13(20)16-10(12(18)19)3-4-21-2/h5-6,10H,3-4H2,1-2H3,(H,18,19)(H2,16,17,20).